The predicted octanol–water partition coefficient (Wildman–Crippen LogP) is 1.29. The third-order valence-corrected chi connectivity index (χ3v) is 1.78. The molecule has 1 rings (SSSR count). The monoisotopic (exact) mass is 331 g/mol. The first-order valence-electron chi connectivity index (χ1n) is 2.95. The van der Waals surface area contributed by atoms with Crippen molar-refractivity contribution in [1.82, 2.24) is 0 Å². The minimum absolute atomic E-state index is 0. The summed E-state index contributed by atoms with van der Waals surface area (Å²) in [6.07, 6.45) is 4.00. The molecule has 0 aromatic carbocycles. The van der Waals surface area contributed by atoms with Crippen molar-refractivity contribution >= 4 is 12.6 Å². The molecule has 0 spiro atoms. The molecule has 2 nitrogen and oxygen atoms in total. The van der Waals surface area contributed by atoms with Crippen molar-refractivity contribution in [2.24, 2.45) is 0 Å². The summed E-state index contributed by atoms with van der Waals surface area (Å²) in [5.74, 6) is 0. The Bertz CT molecular complexity index is 120. The Labute approximate surface area is 80.3 Å². The zero-order valence-corrected chi connectivity index (χ0v) is 9.07. The topological polar surface area (TPSA) is 33.0 Å². The summed E-state index contributed by atoms with van der Waals surface area (Å²) in [5, 5.41) is 0.0451. The fraction of sp³-hybridized carbons (Fsp3) is 0.667. The fourth-order valence-corrected chi connectivity index (χ4v) is 0.953. The molecule has 0 amide bonds. The van der Waals surface area contributed by atoms with Gasteiger partial charge in [-0.1, -0.05) is 12.2 Å². The third kappa shape index (κ3) is 2.73. The van der Waals surface area contributed by atoms with Crippen LogP contribution in [-0.2, 0) is 25.2 Å². The molecule has 0 bridgehead atoms. The Morgan fingerprint density at radius 1 is 1.80 bits per heavy atom. The predicted molar refractivity (Wildman–Crippen MR) is 40.8 cm³/mol. The number of thiol groups is 1. The van der Waals surface area contributed by atoms with Crippen molar-refractivity contribution in [3.05, 3.63) is 17.9 Å². The van der Waals surface area contributed by atoms with Crippen LogP contribution in [0, 0.1) is 0 Å². The second kappa shape index (κ2) is 5.34. The van der Waals surface area contributed by atoms with Gasteiger partial charge in [-0.15, -0.1) is 6.54 Å². The molecule has 10 heavy (non-hydrogen) atoms. The van der Waals surface area contributed by atoms with Gasteiger partial charge in [0, 0.05) is 25.7 Å². The summed E-state index contributed by atoms with van der Waals surface area (Å²) in [6.45, 7) is 1.000. The van der Waals surface area contributed by atoms with Crippen LogP contribution in [0.25, 0.3) is 5.73 Å². The van der Waals surface area contributed by atoms with Crippen molar-refractivity contribution in [1.29, 1.82) is 0 Å². The normalized spacial score (nSPS) is 26.0. The van der Waals surface area contributed by atoms with E-state index in [1.807, 2.05) is 12.2 Å². The van der Waals surface area contributed by atoms with Gasteiger partial charge >= 0.3 is 0 Å². The summed E-state index contributed by atoms with van der Waals surface area (Å²) in [4.78, 5) is 0. The van der Waals surface area contributed by atoms with Crippen LogP contribution < -0.4 is 0 Å². The van der Waals surface area contributed by atoms with Gasteiger partial charge < -0.3 is 10.5 Å². The molecule has 0 aromatic rings. The Hall–Kier alpha value is 0.672. The Balaban J connectivity index is 0.000000810. The molecule has 0 saturated carbocycles. The zero-order valence-electron chi connectivity index (χ0n) is 5.46. The van der Waals surface area contributed by atoms with Crippen LogP contribution in [0.15, 0.2) is 12.2 Å². The van der Waals surface area contributed by atoms with Gasteiger partial charge in [-0.25, -0.2) is 0 Å². The van der Waals surface area contributed by atoms with Gasteiger partial charge in [0.1, 0.15) is 0 Å². The molecule has 0 fully saturated rings. The van der Waals surface area contributed by atoms with Gasteiger partial charge in [0.15, 0.2) is 0 Å². The molecule has 1 heterocycles. The molecule has 0 aromatic heterocycles. The van der Waals surface area contributed by atoms with Gasteiger partial charge in [-0.2, -0.15) is 12.6 Å². The van der Waals surface area contributed by atoms with Crippen molar-refractivity contribution in [2.45, 2.75) is 11.4 Å². The van der Waals surface area contributed by atoms with Crippen molar-refractivity contribution in [2.75, 3.05) is 13.2 Å². The van der Waals surface area contributed by atoms with E-state index in [9.17, 15) is 0 Å². The quantitative estimate of drug-likeness (QED) is 0.601. The summed E-state index contributed by atoms with van der Waals surface area (Å²) in [6, 6.07) is 0. The average Bonchev–Trinajstić information content (AvgIpc) is 2.37. The minimum atomic E-state index is 0. The summed E-state index contributed by atoms with van der Waals surface area (Å²) in [5.41, 5.74) is 6.98. The number of ether oxygens (including phenoxy) is 1. The second-order valence-corrected chi connectivity index (χ2v) is 2.66. The van der Waals surface area contributed by atoms with Crippen LogP contribution in [0.1, 0.15) is 0 Å². The van der Waals surface area contributed by atoms with Crippen LogP contribution in [0.4, 0.5) is 0 Å². The molecule has 1 unspecified atom stereocenters. The van der Waals surface area contributed by atoms with Crippen LogP contribution in [0.5, 0.6) is 0 Å². The van der Waals surface area contributed by atoms with Gasteiger partial charge in [0.05, 0.1) is 12.7 Å². The van der Waals surface area contributed by atoms with Crippen molar-refractivity contribution in [3.63, 3.8) is 0 Å². The van der Waals surface area contributed by atoms with Crippen molar-refractivity contribution in [3.8, 4) is 0 Å². The molecule has 4 heteroatoms. The van der Waals surface area contributed by atoms with E-state index in [-0.39, 0.29) is 31.8 Å². The van der Waals surface area contributed by atoms with Crippen molar-refractivity contribution < 1.29 is 25.2 Å². The van der Waals surface area contributed by atoms with Gasteiger partial charge in [-0.3, -0.25) is 0 Å². The average molecular weight is 330 g/mol. The van der Waals surface area contributed by atoms with E-state index >= 15 is 0 Å². The molecule has 59 valence electrons. The SMILES string of the molecule is [NH-]CC(S)[C@@H]1C=CCO1.[Re]. The van der Waals surface area contributed by atoms with E-state index in [2.05, 4.69) is 12.6 Å². The maximum Gasteiger partial charge on any atom is 0.0860 e. The van der Waals surface area contributed by atoms with Crippen LogP contribution >= 0.6 is 12.6 Å². The molecule has 2 atom stereocenters. The maximum absolute atomic E-state index is 6.98. The van der Waals surface area contributed by atoms with Gasteiger partial charge in [0.25, 0.3) is 0 Å². The van der Waals surface area contributed by atoms with Gasteiger partial charge in [0.2, 0.25) is 0 Å². The van der Waals surface area contributed by atoms with Gasteiger partial charge in [-0.05, 0) is 0 Å². The summed E-state index contributed by atoms with van der Waals surface area (Å²) >= 11 is 4.16. The minimum Gasteiger partial charge on any atom is -0.676 e. The fourth-order valence-electron chi connectivity index (χ4n) is 0.767. The molecule has 1 radical (unpaired) electrons. The number of rotatable bonds is 2. The number of hydrogen-bond donors (Lipinski definition) is 1. The first kappa shape index (κ1) is 10.7. The molecule has 0 saturated heterocycles. The number of nitrogens with one attached hydrogen (secondary N) is 1. The van der Waals surface area contributed by atoms with Crippen LogP contribution in [0.3, 0.4) is 0 Å². The zero-order chi connectivity index (χ0) is 6.69. The van der Waals surface area contributed by atoms with E-state index in [0.717, 1.165) is 0 Å². The Morgan fingerprint density at radius 2 is 2.50 bits per heavy atom. The van der Waals surface area contributed by atoms with E-state index in [1.54, 1.807) is 0 Å². The first-order chi connectivity index (χ1) is 4.34. The first-order valence-corrected chi connectivity index (χ1v) is 3.47. The van der Waals surface area contributed by atoms with Crippen LogP contribution in [-0.4, -0.2) is 24.5 Å². The molecule has 1 aliphatic rings. The molecule has 0 aliphatic carbocycles. The Morgan fingerprint density at radius 3 is 2.90 bits per heavy atom. The number of hydrogen-bond acceptors (Lipinski definition) is 2. The largest absolute Gasteiger partial charge is 0.676 e. The summed E-state index contributed by atoms with van der Waals surface area (Å²) < 4.78 is 5.20. The van der Waals surface area contributed by atoms with Crippen LogP contribution in [0.2, 0.25) is 0 Å². The van der Waals surface area contributed by atoms with E-state index in [4.69, 9.17) is 10.5 Å². The standard InChI is InChI=1S/C6H10NOS.Re/c7-4-6(9)5-2-1-3-8-5;/h1-2,5-7,9H,3-4H2;/q-1;/t5-,6?;/m0./s1. The molecular formula is C6H10NOReS-. The van der Waals surface area contributed by atoms with E-state index < -0.39 is 0 Å². The Kier molecular flexibility index (Phi) is 5.70. The molecule has 1 N–H and O–H groups in total. The van der Waals surface area contributed by atoms with E-state index in [1.165, 1.54) is 0 Å². The smallest absolute Gasteiger partial charge is 0.0860 e. The summed E-state index contributed by atoms with van der Waals surface area (Å²) in [7, 11) is 0. The van der Waals surface area contributed by atoms with E-state index in [0.29, 0.717) is 13.2 Å². The second-order valence-electron chi connectivity index (χ2n) is 2.00. The molecule has 1 aliphatic heterocycles. The molecular weight excluding hydrogens is 320 g/mol. The third-order valence-electron chi connectivity index (χ3n) is 1.30. The maximum atomic E-state index is 6.98.